The minimum Gasteiger partial charge on any atom is -0.0654 e. The van der Waals surface area contributed by atoms with E-state index in [2.05, 4.69) is 20.8 Å². The number of fused-ring (bicyclic) bond motifs is 3. The second-order valence-electron chi connectivity index (χ2n) is 8.61. The fraction of sp³-hybridized carbons (Fsp3) is 1.00. The Kier molecular flexibility index (Phi) is 3.73. The first-order valence-electron chi connectivity index (χ1n) is 9.09. The number of rotatable bonds is 3. The molecule has 3 saturated carbocycles. The lowest BCUT2D eigenvalue weighted by atomic mass is 9.49. The summed E-state index contributed by atoms with van der Waals surface area (Å²) in [6.45, 7) is 7.63. The average molecular weight is 262 g/mol. The third kappa shape index (κ3) is 2.28. The Bertz CT molecular complexity index is 320. The van der Waals surface area contributed by atoms with E-state index in [1.807, 2.05) is 0 Å². The third-order valence-corrected chi connectivity index (χ3v) is 7.50. The molecular weight excluding hydrogens is 228 g/mol. The molecule has 3 rings (SSSR count). The minimum atomic E-state index is 0.697. The molecule has 3 aliphatic rings. The van der Waals surface area contributed by atoms with Gasteiger partial charge >= 0.3 is 0 Å². The van der Waals surface area contributed by atoms with Crippen molar-refractivity contribution in [2.45, 2.75) is 91.4 Å². The van der Waals surface area contributed by atoms with E-state index in [-0.39, 0.29) is 0 Å². The molecule has 5 unspecified atom stereocenters. The van der Waals surface area contributed by atoms with Crippen LogP contribution in [0.15, 0.2) is 0 Å². The van der Waals surface area contributed by atoms with Crippen LogP contribution in [0.3, 0.4) is 0 Å². The Morgan fingerprint density at radius 2 is 1.68 bits per heavy atom. The van der Waals surface area contributed by atoms with Gasteiger partial charge in [-0.25, -0.2) is 0 Å². The van der Waals surface area contributed by atoms with Gasteiger partial charge in [-0.05, 0) is 73.5 Å². The highest BCUT2D eigenvalue weighted by Gasteiger charge is 2.53. The molecule has 0 amide bonds. The lowest BCUT2D eigenvalue weighted by Crippen LogP contribution is -2.47. The van der Waals surface area contributed by atoms with Crippen LogP contribution in [0.25, 0.3) is 0 Å². The van der Waals surface area contributed by atoms with Gasteiger partial charge in [0.25, 0.3) is 0 Å². The summed E-state index contributed by atoms with van der Waals surface area (Å²) in [6, 6.07) is 0. The van der Waals surface area contributed by atoms with Gasteiger partial charge in [0, 0.05) is 0 Å². The summed E-state index contributed by atoms with van der Waals surface area (Å²) in [5.74, 6) is 3.26. The molecule has 3 aliphatic carbocycles. The fourth-order valence-electron chi connectivity index (χ4n) is 6.37. The first-order valence-corrected chi connectivity index (χ1v) is 9.09. The first kappa shape index (κ1) is 14.0. The summed E-state index contributed by atoms with van der Waals surface area (Å²) in [5.41, 5.74) is 1.44. The topological polar surface area (TPSA) is 0 Å². The molecule has 0 aliphatic heterocycles. The van der Waals surface area contributed by atoms with Gasteiger partial charge in [0.1, 0.15) is 0 Å². The Labute approximate surface area is 120 Å². The first-order chi connectivity index (χ1) is 9.09. The molecule has 3 fully saturated rings. The molecular formula is C19H34. The van der Waals surface area contributed by atoms with Crippen LogP contribution in [0.4, 0.5) is 0 Å². The molecule has 0 saturated heterocycles. The molecule has 0 aromatic rings. The maximum absolute atomic E-state index is 2.65. The van der Waals surface area contributed by atoms with E-state index >= 15 is 0 Å². The maximum atomic E-state index is 2.65. The van der Waals surface area contributed by atoms with Crippen LogP contribution >= 0.6 is 0 Å². The van der Waals surface area contributed by atoms with Crippen LogP contribution in [-0.4, -0.2) is 0 Å². The quantitative estimate of drug-likeness (QED) is 0.568. The molecule has 0 nitrogen and oxygen atoms in total. The predicted octanol–water partition coefficient (Wildman–Crippen LogP) is 6.20. The van der Waals surface area contributed by atoms with Crippen molar-refractivity contribution in [2.75, 3.05) is 0 Å². The minimum absolute atomic E-state index is 0.697. The summed E-state index contributed by atoms with van der Waals surface area (Å²) >= 11 is 0. The van der Waals surface area contributed by atoms with Crippen LogP contribution in [0.5, 0.6) is 0 Å². The van der Waals surface area contributed by atoms with Gasteiger partial charge in [0.2, 0.25) is 0 Å². The summed E-state index contributed by atoms with van der Waals surface area (Å²) < 4.78 is 0. The summed E-state index contributed by atoms with van der Waals surface area (Å²) in [5, 5.41) is 0. The lowest BCUT2D eigenvalue weighted by molar-refractivity contribution is -0.0595. The standard InChI is InChI=1S/C19H34/c1-4-5-11-18(2)12-6-8-15-16-9-7-13-19(16,3)14-10-17(15)18/h15-17H,4-14H2,1-3H3. The van der Waals surface area contributed by atoms with E-state index in [4.69, 9.17) is 0 Å². The monoisotopic (exact) mass is 262 g/mol. The van der Waals surface area contributed by atoms with Gasteiger partial charge in [-0.1, -0.05) is 46.5 Å². The molecule has 0 aromatic carbocycles. The van der Waals surface area contributed by atoms with E-state index in [0.717, 1.165) is 23.2 Å². The molecule has 0 heterocycles. The van der Waals surface area contributed by atoms with Crippen molar-refractivity contribution in [2.24, 2.45) is 28.6 Å². The van der Waals surface area contributed by atoms with Crippen molar-refractivity contribution < 1.29 is 0 Å². The second kappa shape index (κ2) is 5.08. The third-order valence-electron chi connectivity index (χ3n) is 7.50. The van der Waals surface area contributed by atoms with Crippen molar-refractivity contribution in [1.29, 1.82) is 0 Å². The fourth-order valence-corrected chi connectivity index (χ4v) is 6.37. The maximum Gasteiger partial charge on any atom is -0.0295 e. The Hall–Kier alpha value is 0. The molecule has 0 N–H and O–H groups in total. The van der Waals surface area contributed by atoms with Gasteiger partial charge < -0.3 is 0 Å². The molecule has 0 aromatic heterocycles. The molecule has 5 atom stereocenters. The highest BCUT2D eigenvalue weighted by molar-refractivity contribution is 5.03. The van der Waals surface area contributed by atoms with Crippen LogP contribution in [0.1, 0.15) is 91.4 Å². The smallest absolute Gasteiger partial charge is 0.0295 e. The zero-order valence-corrected chi connectivity index (χ0v) is 13.5. The van der Waals surface area contributed by atoms with Crippen molar-refractivity contribution in [3.05, 3.63) is 0 Å². The van der Waals surface area contributed by atoms with E-state index in [1.165, 1.54) is 44.9 Å². The van der Waals surface area contributed by atoms with Gasteiger partial charge in [0.15, 0.2) is 0 Å². The van der Waals surface area contributed by atoms with E-state index in [9.17, 15) is 0 Å². The summed E-state index contributed by atoms with van der Waals surface area (Å²) in [4.78, 5) is 0. The van der Waals surface area contributed by atoms with Crippen LogP contribution in [-0.2, 0) is 0 Å². The van der Waals surface area contributed by atoms with E-state index in [1.54, 1.807) is 25.7 Å². The Morgan fingerprint density at radius 1 is 0.895 bits per heavy atom. The SMILES string of the molecule is CCCCC1(C)CCCC2C1CCC1(C)CCCC21. The highest BCUT2D eigenvalue weighted by Crippen LogP contribution is 2.63. The van der Waals surface area contributed by atoms with E-state index in [0.29, 0.717) is 5.41 Å². The molecule has 110 valence electrons. The van der Waals surface area contributed by atoms with Crippen LogP contribution < -0.4 is 0 Å². The lowest BCUT2D eigenvalue weighted by Gasteiger charge is -2.55. The second-order valence-corrected chi connectivity index (χ2v) is 8.61. The predicted molar refractivity (Wildman–Crippen MR) is 83.1 cm³/mol. The van der Waals surface area contributed by atoms with Gasteiger partial charge in [-0.15, -0.1) is 0 Å². The summed E-state index contributed by atoms with van der Waals surface area (Å²) in [7, 11) is 0. The highest BCUT2D eigenvalue weighted by atomic mass is 14.6. The largest absolute Gasteiger partial charge is 0.0654 e. The zero-order chi connectivity index (χ0) is 13.5. The van der Waals surface area contributed by atoms with Gasteiger partial charge in [0.05, 0.1) is 0 Å². The van der Waals surface area contributed by atoms with Crippen molar-refractivity contribution in [3.8, 4) is 0 Å². The normalized spacial score (nSPS) is 49.7. The van der Waals surface area contributed by atoms with Crippen molar-refractivity contribution >= 4 is 0 Å². The van der Waals surface area contributed by atoms with Gasteiger partial charge in [-0.2, -0.15) is 0 Å². The molecule has 19 heavy (non-hydrogen) atoms. The molecule has 0 spiro atoms. The van der Waals surface area contributed by atoms with Gasteiger partial charge in [-0.3, -0.25) is 0 Å². The number of unbranched alkanes of at least 4 members (excludes halogenated alkanes) is 1. The zero-order valence-electron chi connectivity index (χ0n) is 13.5. The average Bonchev–Trinajstić information content (AvgIpc) is 2.79. The molecule has 0 heteroatoms. The molecule has 0 bridgehead atoms. The number of hydrogen-bond donors (Lipinski definition) is 0. The Morgan fingerprint density at radius 3 is 2.47 bits per heavy atom. The van der Waals surface area contributed by atoms with Crippen molar-refractivity contribution in [1.82, 2.24) is 0 Å². The van der Waals surface area contributed by atoms with E-state index < -0.39 is 0 Å². The number of hydrogen-bond acceptors (Lipinski definition) is 0. The van der Waals surface area contributed by atoms with Crippen LogP contribution in [0.2, 0.25) is 0 Å². The van der Waals surface area contributed by atoms with Crippen molar-refractivity contribution in [3.63, 3.8) is 0 Å². The summed E-state index contributed by atoms with van der Waals surface area (Å²) in [6.07, 6.45) is 16.7. The Balaban J connectivity index is 1.79. The molecule has 0 radical (unpaired) electrons. The van der Waals surface area contributed by atoms with Crippen LogP contribution in [0, 0.1) is 28.6 Å².